The highest BCUT2D eigenvalue weighted by Gasteiger charge is 2.32. The van der Waals surface area contributed by atoms with Gasteiger partial charge in [-0.2, -0.15) is 0 Å². The van der Waals surface area contributed by atoms with Crippen LogP contribution >= 0.6 is 47.2 Å². The van der Waals surface area contributed by atoms with Crippen LogP contribution < -0.4 is 5.32 Å². The minimum Gasteiger partial charge on any atom is -0.463 e. The number of hydrogen-bond donors (Lipinski definition) is 1. The average molecular weight is 311 g/mol. The lowest BCUT2D eigenvalue weighted by molar-refractivity contribution is -0.142. The highest BCUT2D eigenvalue weighted by atomic mass is 35.6. The van der Waals surface area contributed by atoms with Crippen molar-refractivity contribution in [3.63, 3.8) is 0 Å². The molecule has 0 saturated carbocycles. The predicted octanol–water partition coefficient (Wildman–Crippen LogP) is 2.71. The van der Waals surface area contributed by atoms with Crippen molar-refractivity contribution in [1.82, 2.24) is 5.32 Å². The third-order valence-corrected chi connectivity index (χ3v) is 2.85. The Morgan fingerprint density at radius 3 is 2.62 bits per heavy atom. The number of ether oxygens (including phenoxy) is 1. The molecular weight excluding hydrogens is 296 g/mol. The molecule has 1 N–H and O–H groups in total. The smallest absolute Gasteiger partial charge is 0.358 e. The molecule has 16 heavy (non-hydrogen) atoms. The first-order chi connectivity index (χ1) is 7.00. The molecule has 1 saturated heterocycles. The Kier molecular flexibility index (Phi) is 8.12. The van der Waals surface area contributed by atoms with Gasteiger partial charge in [0, 0.05) is 0 Å². The van der Waals surface area contributed by atoms with Crippen molar-refractivity contribution >= 4 is 53.2 Å². The van der Waals surface area contributed by atoms with Crippen LogP contribution in [0, 0.1) is 5.92 Å². The molecule has 0 bridgehead atoms. The van der Waals surface area contributed by atoms with Crippen LogP contribution in [0.15, 0.2) is 0 Å². The molecule has 0 aromatic rings. The second-order valence-corrected chi connectivity index (χ2v) is 5.92. The number of esters is 1. The van der Waals surface area contributed by atoms with E-state index in [-0.39, 0.29) is 12.4 Å². The molecule has 0 amide bonds. The molecule has 7 heteroatoms. The first-order valence-electron chi connectivity index (χ1n) is 4.95. The standard InChI is InChI=1S/C9H14Cl3NO2.ClH/c10-9(11,12)8(14)15-5-3-7-2-1-4-13-6-7;/h7,13H,1-6H2;1H. The summed E-state index contributed by atoms with van der Waals surface area (Å²) < 4.78 is 2.89. The van der Waals surface area contributed by atoms with Crippen LogP contribution in [0.3, 0.4) is 0 Å². The summed E-state index contributed by atoms with van der Waals surface area (Å²) in [6.45, 7) is 2.37. The van der Waals surface area contributed by atoms with Crippen molar-refractivity contribution < 1.29 is 9.53 Å². The summed E-state index contributed by atoms with van der Waals surface area (Å²) in [6.07, 6.45) is 3.15. The molecule has 1 fully saturated rings. The number of carbonyl (C=O) groups is 1. The van der Waals surface area contributed by atoms with Gasteiger partial charge in [0.2, 0.25) is 0 Å². The van der Waals surface area contributed by atoms with Crippen LogP contribution in [0.2, 0.25) is 0 Å². The van der Waals surface area contributed by atoms with Gasteiger partial charge in [0.05, 0.1) is 6.61 Å². The summed E-state index contributed by atoms with van der Waals surface area (Å²) in [7, 11) is 0. The van der Waals surface area contributed by atoms with E-state index < -0.39 is 9.76 Å². The van der Waals surface area contributed by atoms with Gasteiger partial charge in [-0.3, -0.25) is 0 Å². The zero-order valence-corrected chi connectivity index (χ0v) is 11.8. The summed E-state index contributed by atoms with van der Waals surface area (Å²) in [5, 5.41) is 3.28. The normalized spacial score (nSPS) is 21.1. The van der Waals surface area contributed by atoms with E-state index in [1.807, 2.05) is 0 Å². The van der Waals surface area contributed by atoms with E-state index in [9.17, 15) is 4.79 Å². The van der Waals surface area contributed by atoms with E-state index in [2.05, 4.69) is 5.32 Å². The van der Waals surface area contributed by atoms with Crippen LogP contribution in [0.25, 0.3) is 0 Å². The van der Waals surface area contributed by atoms with E-state index in [0.29, 0.717) is 12.5 Å². The van der Waals surface area contributed by atoms with Crippen LogP contribution in [-0.2, 0) is 9.53 Å². The van der Waals surface area contributed by atoms with E-state index in [0.717, 1.165) is 25.9 Å². The molecule has 0 aromatic carbocycles. The van der Waals surface area contributed by atoms with Gasteiger partial charge < -0.3 is 10.1 Å². The average Bonchev–Trinajstić information content (AvgIpc) is 2.18. The van der Waals surface area contributed by atoms with Gasteiger partial charge in [-0.25, -0.2) is 4.79 Å². The fourth-order valence-corrected chi connectivity index (χ4v) is 1.73. The minimum atomic E-state index is -1.95. The first-order valence-corrected chi connectivity index (χ1v) is 6.08. The third kappa shape index (κ3) is 6.36. The van der Waals surface area contributed by atoms with Gasteiger partial charge in [-0.05, 0) is 38.3 Å². The van der Waals surface area contributed by atoms with Crippen molar-refractivity contribution in [3.05, 3.63) is 0 Å². The monoisotopic (exact) mass is 309 g/mol. The fourth-order valence-electron chi connectivity index (χ4n) is 1.57. The second kappa shape index (κ2) is 7.83. The largest absolute Gasteiger partial charge is 0.463 e. The molecule has 1 atom stereocenters. The predicted molar refractivity (Wildman–Crippen MR) is 68.7 cm³/mol. The summed E-state index contributed by atoms with van der Waals surface area (Å²) in [6, 6.07) is 0. The molecular formula is C9H15Cl4NO2. The lowest BCUT2D eigenvalue weighted by atomic mass is 9.97. The van der Waals surface area contributed by atoms with Crippen LogP contribution in [0.1, 0.15) is 19.3 Å². The van der Waals surface area contributed by atoms with Crippen LogP contribution in [0.5, 0.6) is 0 Å². The maximum Gasteiger partial charge on any atom is 0.358 e. The highest BCUT2D eigenvalue weighted by molar-refractivity contribution is 6.75. The maximum absolute atomic E-state index is 11.1. The Labute approximate surface area is 117 Å². The highest BCUT2D eigenvalue weighted by Crippen LogP contribution is 2.27. The molecule has 1 aliphatic rings. The Morgan fingerprint density at radius 1 is 1.44 bits per heavy atom. The Balaban J connectivity index is 0.00000225. The van der Waals surface area contributed by atoms with Crippen molar-refractivity contribution in [2.75, 3.05) is 19.7 Å². The van der Waals surface area contributed by atoms with Gasteiger partial charge in [-0.1, -0.05) is 34.8 Å². The van der Waals surface area contributed by atoms with Crippen molar-refractivity contribution in [2.45, 2.75) is 23.1 Å². The minimum absolute atomic E-state index is 0. The van der Waals surface area contributed by atoms with Crippen molar-refractivity contribution in [2.24, 2.45) is 5.92 Å². The second-order valence-electron chi connectivity index (χ2n) is 3.63. The van der Waals surface area contributed by atoms with Gasteiger partial charge in [0.15, 0.2) is 0 Å². The fraction of sp³-hybridized carbons (Fsp3) is 0.889. The number of nitrogens with one attached hydrogen (secondary N) is 1. The summed E-state index contributed by atoms with van der Waals surface area (Å²) in [5.41, 5.74) is 0. The molecule has 1 unspecified atom stereocenters. The van der Waals surface area contributed by atoms with E-state index in [4.69, 9.17) is 39.5 Å². The van der Waals surface area contributed by atoms with Gasteiger partial charge in [0.1, 0.15) is 0 Å². The molecule has 1 rings (SSSR count). The quantitative estimate of drug-likeness (QED) is 0.643. The molecule has 0 spiro atoms. The summed E-state index contributed by atoms with van der Waals surface area (Å²) >= 11 is 16.0. The topological polar surface area (TPSA) is 38.3 Å². The molecule has 3 nitrogen and oxygen atoms in total. The van der Waals surface area contributed by atoms with Crippen molar-refractivity contribution in [3.8, 4) is 0 Å². The lowest BCUT2D eigenvalue weighted by Crippen LogP contribution is -2.31. The maximum atomic E-state index is 11.1. The van der Waals surface area contributed by atoms with Crippen LogP contribution in [-0.4, -0.2) is 29.5 Å². The molecule has 0 aromatic heterocycles. The van der Waals surface area contributed by atoms with Crippen LogP contribution in [0.4, 0.5) is 0 Å². The third-order valence-electron chi connectivity index (χ3n) is 2.39. The Morgan fingerprint density at radius 2 is 2.12 bits per heavy atom. The van der Waals surface area contributed by atoms with Crippen molar-refractivity contribution in [1.29, 1.82) is 0 Å². The number of halogens is 4. The zero-order valence-electron chi connectivity index (χ0n) is 8.68. The molecule has 0 radical (unpaired) electrons. The Bertz CT molecular complexity index is 214. The summed E-state index contributed by atoms with van der Waals surface area (Å²) in [5.74, 6) is -0.238. The van der Waals surface area contributed by atoms with E-state index in [1.165, 1.54) is 6.42 Å². The van der Waals surface area contributed by atoms with Gasteiger partial charge >= 0.3 is 5.97 Å². The molecule has 96 valence electrons. The van der Waals surface area contributed by atoms with Gasteiger partial charge in [-0.15, -0.1) is 12.4 Å². The lowest BCUT2D eigenvalue weighted by Gasteiger charge is -2.22. The van der Waals surface area contributed by atoms with E-state index in [1.54, 1.807) is 0 Å². The molecule has 0 aliphatic carbocycles. The first kappa shape index (κ1) is 16.6. The number of alkyl halides is 3. The number of rotatable bonds is 3. The zero-order chi connectivity index (χ0) is 11.3. The van der Waals surface area contributed by atoms with Gasteiger partial charge in [0.25, 0.3) is 3.79 Å². The molecule has 1 heterocycles. The Hall–Kier alpha value is 0.590. The number of carbonyl (C=O) groups excluding carboxylic acids is 1. The SMILES string of the molecule is Cl.O=C(OCCC1CCCNC1)C(Cl)(Cl)Cl. The summed E-state index contributed by atoms with van der Waals surface area (Å²) in [4.78, 5) is 11.1. The number of piperidine rings is 1. The molecule has 1 aliphatic heterocycles. The van der Waals surface area contributed by atoms with E-state index >= 15 is 0 Å². The number of hydrogen-bond acceptors (Lipinski definition) is 3.